The van der Waals surface area contributed by atoms with Crippen LogP contribution in [0.15, 0.2) is 121 Å². The Bertz CT molecular complexity index is 1260. The lowest BCUT2D eigenvalue weighted by Crippen LogP contribution is -2.35. The van der Waals surface area contributed by atoms with Gasteiger partial charge in [0.25, 0.3) is 0 Å². The van der Waals surface area contributed by atoms with Crippen molar-refractivity contribution in [3.05, 3.63) is 121 Å². The molecule has 0 bridgehead atoms. The Labute approximate surface area is 229 Å². The molecule has 0 heterocycles. The molecule has 2 N–H and O–H groups in total. The van der Waals surface area contributed by atoms with Crippen molar-refractivity contribution in [1.29, 1.82) is 0 Å². The molecule has 200 valence electrons. The maximum absolute atomic E-state index is 14.0. The molecule has 0 radical (unpaired) electrons. The minimum absolute atomic E-state index is 0.134. The van der Waals surface area contributed by atoms with Crippen molar-refractivity contribution in [2.45, 2.75) is 6.42 Å². The molecule has 0 spiro atoms. The van der Waals surface area contributed by atoms with Gasteiger partial charge in [0.15, 0.2) is 14.3 Å². The number of carbonyl (C=O) groups is 2. The maximum atomic E-state index is 14.0. The molecule has 2 amide bonds. The third-order valence-corrected chi connectivity index (χ3v) is 12.4. The van der Waals surface area contributed by atoms with Crippen molar-refractivity contribution in [3.8, 4) is 0 Å². The Balaban J connectivity index is 1.31. The molecule has 0 fully saturated rings. The summed E-state index contributed by atoms with van der Waals surface area (Å²) in [6.07, 6.45) is 0.217. The normalized spacial score (nSPS) is 11.5. The minimum Gasteiger partial charge on any atom is -0.356 e. The highest BCUT2D eigenvalue weighted by molar-refractivity contribution is 7.79. The average Bonchev–Trinajstić information content (AvgIpc) is 2.98. The summed E-state index contributed by atoms with van der Waals surface area (Å²) < 4.78 is 28.1. The van der Waals surface area contributed by atoms with E-state index in [1.165, 1.54) is 0 Å². The Morgan fingerprint density at radius 2 is 0.718 bits per heavy atom. The summed E-state index contributed by atoms with van der Waals surface area (Å²) in [6.45, 7) is 0.634. The zero-order valence-electron chi connectivity index (χ0n) is 21.6. The molecule has 0 unspecified atom stereocenters. The number of hydrogen-bond donors (Lipinski definition) is 2. The van der Waals surface area contributed by atoms with E-state index in [9.17, 15) is 18.7 Å². The molecular weight excluding hydrogens is 526 g/mol. The van der Waals surface area contributed by atoms with Gasteiger partial charge in [-0.1, -0.05) is 121 Å². The minimum atomic E-state index is -3.15. The summed E-state index contributed by atoms with van der Waals surface area (Å²) >= 11 is 0. The van der Waals surface area contributed by atoms with Gasteiger partial charge in [0, 0.05) is 34.3 Å². The van der Waals surface area contributed by atoms with E-state index >= 15 is 0 Å². The van der Waals surface area contributed by atoms with Crippen LogP contribution < -0.4 is 31.9 Å². The highest BCUT2D eigenvalue weighted by atomic mass is 31.2. The molecule has 39 heavy (non-hydrogen) atoms. The number of hydrogen-bond acceptors (Lipinski definition) is 4. The molecule has 8 heteroatoms. The van der Waals surface area contributed by atoms with Crippen molar-refractivity contribution in [1.82, 2.24) is 10.6 Å². The SMILES string of the molecule is O=C(CP(=O)(c1ccccc1)c1ccccc1)NCCCNC(=O)CP(=O)(c1ccccc1)c1ccccc1. The van der Waals surface area contributed by atoms with Crippen LogP contribution in [0, 0.1) is 0 Å². The summed E-state index contributed by atoms with van der Waals surface area (Å²) in [4.78, 5) is 25.6. The molecule has 4 aromatic rings. The van der Waals surface area contributed by atoms with E-state index in [1.807, 2.05) is 72.8 Å². The first-order valence-electron chi connectivity index (χ1n) is 12.9. The van der Waals surface area contributed by atoms with E-state index in [0.717, 1.165) is 0 Å². The standard InChI is InChI=1S/C31H32N2O4P2/c34-30(24-38(36,26-14-5-1-6-15-26)27-16-7-2-8-17-27)32-22-13-23-33-31(35)25-39(37,28-18-9-3-10-19-28)29-20-11-4-12-21-29/h1-12,14-21H,13,22-25H2,(H,32,34)(H,33,35). The van der Waals surface area contributed by atoms with Crippen molar-refractivity contribution >= 4 is 47.3 Å². The fourth-order valence-electron chi connectivity index (χ4n) is 4.40. The van der Waals surface area contributed by atoms with Gasteiger partial charge in [0.05, 0.1) is 12.3 Å². The molecule has 4 aromatic carbocycles. The highest BCUT2D eigenvalue weighted by Gasteiger charge is 2.31. The summed E-state index contributed by atoms with van der Waals surface area (Å²) in [5.74, 6) is -0.620. The van der Waals surface area contributed by atoms with Crippen LogP contribution in [0.1, 0.15) is 6.42 Å². The smallest absolute Gasteiger partial charge is 0.228 e. The molecule has 0 atom stereocenters. The van der Waals surface area contributed by atoms with Crippen LogP contribution in [-0.2, 0) is 18.7 Å². The van der Waals surface area contributed by atoms with Gasteiger partial charge in [-0.25, -0.2) is 0 Å². The lowest BCUT2D eigenvalue weighted by Gasteiger charge is -2.19. The van der Waals surface area contributed by atoms with Gasteiger partial charge in [-0.05, 0) is 6.42 Å². The summed E-state index contributed by atoms with van der Waals surface area (Å²) in [5, 5.41) is 8.22. The van der Waals surface area contributed by atoms with Crippen LogP contribution in [0.25, 0.3) is 0 Å². The highest BCUT2D eigenvalue weighted by Crippen LogP contribution is 2.43. The van der Waals surface area contributed by atoms with Gasteiger partial charge in [-0.2, -0.15) is 0 Å². The fourth-order valence-corrected chi connectivity index (χ4v) is 9.37. The Kier molecular flexibility index (Phi) is 9.70. The van der Waals surface area contributed by atoms with Crippen LogP contribution in [0.4, 0.5) is 0 Å². The third kappa shape index (κ3) is 7.23. The van der Waals surface area contributed by atoms with E-state index < -0.39 is 14.3 Å². The summed E-state index contributed by atoms with van der Waals surface area (Å²) in [7, 11) is -6.29. The first kappa shape index (κ1) is 28.3. The summed E-state index contributed by atoms with van der Waals surface area (Å²) in [5.41, 5.74) is 0. The second-order valence-corrected chi connectivity index (χ2v) is 14.8. The molecule has 0 aliphatic heterocycles. The average molecular weight is 559 g/mol. The second kappa shape index (κ2) is 13.4. The Morgan fingerprint density at radius 1 is 0.462 bits per heavy atom. The van der Waals surface area contributed by atoms with Crippen molar-refractivity contribution < 1.29 is 18.7 Å². The van der Waals surface area contributed by atoms with Crippen LogP contribution in [0.5, 0.6) is 0 Å². The van der Waals surface area contributed by atoms with Crippen LogP contribution in [-0.4, -0.2) is 37.2 Å². The zero-order chi connectivity index (χ0) is 27.6. The van der Waals surface area contributed by atoms with E-state index in [-0.39, 0.29) is 24.1 Å². The van der Waals surface area contributed by atoms with Crippen molar-refractivity contribution in [2.24, 2.45) is 0 Å². The van der Waals surface area contributed by atoms with Crippen molar-refractivity contribution in [3.63, 3.8) is 0 Å². The zero-order valence-corrected chi connectivity index (χ0v) is 23.4. The molecule has 0 saturated heterocycles. The monoisotopic (exact) mass is 558 g/mol. The van der Waals surface area contributed by atoms with Gasteiger partial charge in [-0.3, -0.25) is 9.59 Å². The summed E-state index contributed by atoms with van der Waals surface area (Å²) in [6, 6.07) is 36.3. The maximum Gasteiger partial charge on any atom is 0.228 e. The molecule has 0 aliphatic carbocycles. The first-order chi connectivity index (χ1) is 18.9. The van der Waals surface area contributed by atoms with E-state index in [1.54, 1.807) is 48.5 Å². The quantitative estimate of drug-likeness (QED) is 0.205. The third-order valence-electron chi connectivity index (χ3n) is 6.42. The Morgan fingerprint density at radius 3 is 0.974 bits per heavy atom. The lowest BCUT2D eigenvalue weighted by atomic mass is 10.4. The van der Waals surface area contributed by atoms with Crippen LogP contribution >= 0.6 is 14.3 Å². The molecule has 0 saturated carbocycles. The van der Waals surface area contributed by atoms with Gasteiger partial charge >= 0.3 is 0 Å². The van der Waals surface area contributed by atoms with Crippen LogP contribution in [0.3, 0.4) is 0 Å². The predicted octanol–water partition coefficient (Wildman–Crippen LogP) is 3.64. The van der Waals surface area contributed by atoms with Crippen LogP contribution in [0.2, 0.25) is 0 Å². The number of nitrogens with one attached hydrogen (secondary N) is 2. The topological polar surface area (TPSA) is 92.3 Å². The molecule has 0 aliphatic rings. The Hall–Kier alpha value is -3.72. The molecule has 0 aromatic heterocycles. The number of benzene rings is 4. The largest absolute Gasteiger partial charge is 0.356 e. The van der Waals surface area contributed by atoms with Crippen molar-refractivity contribution in [2.75, 3.05) is 25.4 Å². The number of amides is 2. The van der Waals surface area contributed by atoms with E-state index in [4.69, 9.17) is 0 Å². The number of carbonyl (C=O) groups excluding carboxylic acids is 2. The van der Waals surface area contributed by atoms with Gasteiger partial charge in [-0.15, -0.1) is 0 Å². The van der Waals surface area contributed by atoms with E-state index in [0.29, 0.717) is 40.7 Å². The molecule has 6 nitrogen and oxygen atoms in total. The van der Waals surface area contributed by atoms with E-state index in [2.05, 4.69) is 10.6 Å². The molecular formula is C31H32N2O4P2. The van der Waals surface area contributed by atoms with Gasteiger partial charge < -0.3 is 19.8 Å². The lowest BCUT2D eigenvalue weighted by molar-refractivity contribution is -0.119. The predicted molar refractivity (Wildman–Crippen MR) is 160 cm³/mol. The first-order valence-corrected chi connectivity index (χ1v) is 16.6. The second-order valence-electron chi connectivity index (χ2n) is 9.19. The number of rotatable bonds is 12. The fraction of sp³-hybridized carbons (Fsp3) is 0.161. The molecule has 4 rings (SSSR count). The van der Waals surface area contributed by atoms with Gasteiger partial charge in [0.2, 0.25) is 11.8 Å². The van der Waals surface area contributed by atoms with Gasteiger partial charge in [0.1, 0.15) is 0 Å².